The summed E-state index contributed by atoms with van der Waals surface area (Å²) in [5.74, 6) is 0.512. The Kier molecular flexibility index (Phi) is 7.02. The zero-order valence-corrected chi connectivity index (χ0v) is 19.1. The number of aromatic amines is 1. The number of carbonyl (C=O) groups excluding carboxylic acids is 1. The van der Waals surface area contributed by atoms with Gasteiger partial charge in [-0.1, -0.05) is 26.0 Å². The Morgan fingerprint density at radius 2 is 1.74 bits per heavy atom. The maximum absolute atomic E-state index is 12.7. The van der Waals surface area contributed by atoms with Crippen molar-refractivity contribution in [1.82, 2.24) is 14.6 Å². The second-order valence-electron chi connectivity index (χ2n) is 7.22. The Balaban J connectivity index is 1.73. The van der Waals surface area contributed by atoms with Crippen molar-refractivity contribution in [3.8, 4) is 5.75 Å². The van der Waals surface area contributed by atoms with Crippen molar-refractivity contribution in [2.24, 2.45) is 0 Å². The maximum Gasteiger partial charge on any atom is 0.268 e. The van der Waals surface area contributed by atoms with Gasteiger partial charge < -0.3 is 15.0 Å². The number of sulfonamides is 1. The molecule has 1 aromatic heterocycles. The molecule has 0 aliphatic heterocycles. The first-order chi connectivity index (χ1) is 14.8. The van der Waals surface area contributed by atoms with Crippen molar-refractivity contribution in [1.29, 1.82) is 0 Å². The number of amides is 1. The molecule has 0 bridgehead atoms. The van der Waals surface area contributed by atoms with Crippen LogP contribution in [0.3, 0.4) is 0 Å². The fourth-order valence-corrected chi connectivity index (χ4v) is 4.94. The number of ether oxygens (including phenoxy) is 1. The van der Waals surface area contributed by atoms with E-state index in [1.807, 2.05) is 45.9 Å². The highest BCUT2D eigenvalue weighted by Crippen LogP contribution is 2.23. The summed E-state index contributed by atoms with van der Waals surface area (Å²) in [6, 6.07) is 13.8. The van der Waals surface area contributed by atoms with Crippen molar-refractivity contribution in [3.05, 3.63) is 59.8 Å². The summed E-state index contributed by atoms with van der Waals surface area (Å²) < 4.78 is 32.2. The molecule has 31 heavy (non-hydrogen) atoms. The lowest BCUT2D eigenvalue weighted by molar-refractivity contribution is 0.0935. The van der Waals surface area contributed by atoms with Crippen LogP contribution < -0.4 is 10.1 Å². The van der Waals surface area contributed by atoms with E-state index in [-0.39, 0.29) is 16.8 Å². The van der Waals surface area contributed by atoms with E-state index < -0.39 is 10.0 Å². The minimum Gasteiger partial charge on any atom is -0.494 e. The van der Waals surface area contributed by atoms with Crippen LogP contribution in [-0.4, -0.2) is 43.3 Å². The third-order valence-electron chi connectivity index (χ3n) is 5.22. The van der Waals surface area contributed by atoms with E-state index in [2.05, 4.69) is 10.3 Å². The normalized spacial score (nSPS) is 12.8. The zero-order chi connectivity index (χ0) is 22.6. The fourth-order valence-electron chi connectivity index (χ4n) is 3.48. The molecular weight excluding hydrogens is 414 g/mol. The Bertz CT molecular complexity index is 1150. The molecule has 1 heterocycles. The average molecular weight is 444 g/mol. The lowest BCUT2D eigenvalue weighted by atomic mass is 10.1. The number of carbonyl (C=O) groups is 1. The summed E-state index contributed by atoms with van der Waals surface area (Å²) in [6.45, 7) is 8.83. The number of rotatable bonds is 9. The molecule has 166 valence electrons. The number of hydrogen-bond donors (Lipinski definition) is 2. The van der Waals surface area contributed by atoms with Gasteiger partial charge in [0.1, 0.15) is 11.4 Å². The topological polar surface area (TPSA) is 91.5 Å². The Labute approximate surface area is 183 Å². The van der Waals surface area contributed by atoms with Gasteiger partial charge in [-0.3, -0.25) is 4.79 Å². The van der Waals surface area contributed by atoms with E-state index in [0.29, 0.717) is 25.4 Å². The van der Waals surface area contributed by atoms with E-state index >= 15 is 0 Å². The molecule has 1 atom stereocenters. The molecule has 0 aliphatic carbocycles. The number of benzene rings is 2. The highest BCUT2D eigenvalue weighted by molar-refractivity contribution is 7.89. The summed E-state index contributed by atoms with van der Waals surface area (Å²) in [5.41, 5.74) is 2.10. The van der Waals surface area contributed by atoms with Crippen LogP contribution in [0, 0.1) is 0 Å². The second-order valence-corrected chi connectivity index (χ2v) is 9.16. The lowest BCUT2D eigenvalue weighted by Gasteiger charge is -2.19. The van der Waals surface area contributed by atoms with Crippen molar-refractivity contribution in [3.63, 3.8) is 0 Å². The van der Waals surface area contributed by atoms with Crippen LogP contribution >= 0.6 is 0 Å². The van der Waals surface area contributed by atoms with E-state index in [4.69, 9.17) is 4.74 Å². The Hall–Kier alpha value is -2.84. The molecule has 2 N–H and O–H groups in total. The fraction of sp³-hybridized carbons (Fsp3) is 0.348. The minimum absolute atomic E-state index is 0.235. The number of nitrogens with one attached hydrogen (secondary N) is 2. The van der Waals surface area contributed by atoms with Crippen LogP contribution in [0.5, 0.6) is 5.75 Å². The molecule has 3 rings (SSSR count). The largest absolute Gasteiger partial charge is 0.494 e. The SMILES string of the molecule is CCOc1ccc2cc(C(=O)NC(C)c3ccc(S(=O)(=O)N(CC)CC)cc3)[nH]c2c1. The number of aromatic nitrogens is 1. The maximum atomic E-state index is 12.7. The van der Waals surface area contributed by atoms with E-state index in [1.54, 1.807) is 30.3 Å². The van der Waals surface area contributed by atoms with Gasteiger partial charge in [-0.05, 0) is 49.7 Å². The van der Waals surface area contributed by atoms with E-state index in [1.165, 1.54) is 4.31 Å². The molecule has 0 spiro atoms. The lowest BCUT2D eigenvalue weighted by Crippen LogP contribution is -2.30. The van der Waals surface area contributed by atoms with Gasteiger partial charge in [-0.2, -0.15) is 4.31 Å². The molecule has 0 aliphatic rings. The first-order valence-electron chi connectivity index (χ1n) is 10.5. The third kappa shape index (κ3) is 4.91. The summed E-state index contributed by atoms with van der Waals surface area (Å²) in [5, 5.41) is 3.88. The molecule has 0 saturated carbocycles. The first-order valence-corrected chi connectivity index (χ1v) is 11.9. The van der Waals surface area contributed by atoms with Crippen LogP contribution in [0.2, 0.25) is 0 Å². The van der Waals surface area contributed by atoms with Gasteiger partial charge in [0, 0.05) is 30.1 Å². The molecule has 8 heteroatoms. The number of hydrogen-bond acceptors (Lipinski definition) is 4. The smallest absolute Gasteiger partial charge is 0.268 e. The van der Waals surface area contributed by atoms with Crippen LogP contribution in [0.25, 0.3) is 10.9 Å². The minimum atomic E-state index is -3.50. The Morgan fingerprint density at radius 1 is 1.06 bits per heavy atom. The van der Waals surface area contributed by atoms with Gasteiger partial charge in [0.2, 0.25) is 10.0 Å². The van der Waals surface area contributed by atoms with Gasteiger partial charge >= 0.3 is 0 Å². The molecule has 3 aromatic rings. The van der Waals surface area contributed by atoms with Gasteiger partial charge in [0.05, 0.1) is 17.5 Å². The van der Waals surface area contributed by atoms with Crippen LogP contribution in [0.1, 0.15) is 49.8 Å². The quantitative estimate of drug-likeness (QED) is 0.521. The number of H-pyrrole nitrogens is 1. The molecule has 2 aromatic carbocycles. The molecule has 0 saturated heterocycles. The van der Waals surface area contributed by atoms with Crippen molar-refractivity contribution < 1.29 is 17.9 Å². The van der Waals surface area contributed by atoms with E-state index in [9.17, 15) is 13.2 Å². The Morgan fingerprint density at radius 3 is 2.35 bits per heavy atom. The zero-order valence-electron chi connectivity index (χ0n) is 18.3. The van der Waals surface area contributed by atoms with Crippen molar-refractivity contribution in [2.75, 3.05) is 19.7 Å². The number of fused-ring (bicyclic) bond motifs is 1. The summed E-state index contributed by atoms with van der Waals surface area (Å²) in [6.07, 6.45) is 0. The van der Waals surface area contributed by atoms with Gasteiger partial charge in [0.25, 0.3) is 5.91 Å². The standard InChI is InChI=1S/C23H29N3O4S/c1-5-26(6-2)31(28,29)20-12-9-17(10-13-20)16(4)24-23(27)22-14-18-8-11-19(30-7-3)15-21(18)25-22/h8-16,25H,5-7H2,1-4H3,(H,24,27). The van der Waals surface area contributed by atoms with Gasteiger partial charge in [-0.25, -0.2) is 8.42 Å². The average Bonchev–Trinajstić information content (AvgIpc) is 3.18. The molecule has 0 radical (unpaired) electrons. The summed E-state index contributed by atoms with van der Waals surface area (Å²) in [4.78, 5) is 16.1. The third-order valence-corrected chi connectivity index (χ3v) is 7.28. The van der Waals surface area contributed by atoms with Gasteiger partial charge in [-0.15, -0.1) is 0 Å². The predicted molar refractivity (Wildman–Crippen MR) is 122 cm³/mol. The summed E-state index contributed by atoms with van der Waals surface area (Å²) >= 11 is 0. The molecule has 0 fully saturated rings. The predicted octanol–water partition coefficient (Wildman–Crippen LogP) is 4.09. The van der Waals surface area contributed by atoms with Crippen LogP contribution in [0.4, 0.5) is 0 Å². The monoisotopic (exact) mass is 443 g/mol. The van der Waals surface area contributed by atoms with Crippen molar-refractivity contribution in [2.45, 2.75) is 38.6 Å². The summed E-state index contributed by atoms with van der Waals surface area (Å²) in [7, 11) is -3.50. The highest BCUT2D eigenvalue weighted by Gasteiger charge is 2.22. The number of nitrogens with zero attached hydrogens (tertiary/aromatic N) is 1. The molecule has 7 nitrogen and oxygen atoms in total. The second kappa shape index (κ2) is 9.53. The van der Waals surface area contributed by atoms with Gasteiger partial charge in [0.15, 0.2) is 0 Å². The highest BCUT2D eigenvalue weighted by atomic mass is 32.2. The van der Waals surface area contributed by atoms with Crippen molar-refractivity contribution >= 4 is 26.8 Å². The van der Waals surface area contributed by atoms with E-state index in [0.717, 1.165) is 22.2 Å². The molecular formula is C23H29N3O4S. The molecule has 1 amide bonds. The molecule has 1 unspecified atom stereocenters. The van der Waals surface area contributed by atoms with Crippen LogP contribution in [0.15, 0.2) is 53.4 Å². The first kappa shape index (κ1) is 22.8. The van der Waals surface area contributed by atoms with Crippen LogP contribution in [-0.2, 0) is 10.0 Å².